The van der Waals surface area contributed by atoms with E-state index in [4.69, 9.17) is 0 Å². The molecule has 0 saturated carbocycles. The van der Waals surface area contributed by atoms with Gasteiger partial charge in [0, 0.05) is 36.5 Å². The van der Waals surface area contributed by atoms with Crippen molar-refractivity contribution in [3.05, 3.63) is 29.8 Å². The zero-order chi connectivity index (χ0) is 13.9. The summed E-state index contributed by atoms with van der Waals surface area (Å²) in [5.74, 6) is 1.53. The van der Waals surface area contributed by atoms with E-state index < -0.39 is 0 Å². The molecular weight excluding hydrogens is 268 g/mol. The number of hydrogen-bond acceptors (Lipinski definition) is 3. The van der Waals surface area contributed by atoms with E-state index in [-0.39, 0.29) is 5.91 Å². The summed E-state index contributed by atoms with van der Waals surface area (Å²) >= 11 is 2.05. The molecule has 0 aromatic heterocycles. The standard InChI is InChI=1S/C16H22N2OS/c1-12-15(8-10-20-12)17-11-13-4-6-14(7-5-13)18-9-2-3-16(18)19/h4-7,12,15,17H,2-3,8-11H2,1H3. The topological polar surface area (TPSA) is 32.3 Å². The fourth-order valence-electron chi connectivity index (χ4n) is 2.96. The van der Waals surface area contributed by atoms with Gasteiger partial charge in [0.1, 0.15) is 0 Å². The summed E-state index contributed by atoms with van der Waals surface area (Å²) in [6.07, 6.45) is 2.95. The van der Waals surface area contributed by atoms with Crippen molar-refractivity contribution in [1.82, 2.24) is 5.32 Å². The average molecular weight is 290 g/mol. The molecule has 0 bridgehead atoms. The van der Waals surface area contributed by atoms with E-state index in [0.717, 1.165) is 30.4 Å². The van der Waals surface area contributed by atoms with Crippen LogP contribution < -0.4 is 10.2 Å². The van der Waals surface area contributed by atoms with Gasteiger partial charge in [0.25, 0.3) is 0 Å². The molecule has 4 heteroatoms. The average Bonchev–Trinajstić information content (AvgIpc) is 3.06. The molecule has 108 valence electrons. The lowest BCUT2D eigenvalue weighted by atomic mass is 10.1. The van der Waals surface area contributed by atoms with Crippen LogP contribution in [0.2, 0.25) is 0 Å². The fourth-order valence-corrected chi connectivity index (χ4v) is 4.19. The van der Waals surface area contributed by atoms with E-state index in [9.17, 15) is 4.79 Å². The lowest BCUT2D eigenvalue weighted by molar-refractivity contribution is -0.117. The third-order valence-electron chi connectivity index (χ3n) is 4.27. The smallest absolute Gasteiger partial charge is 0.227 e. The maximum atomic E-state index is 11.7. The normalized spacial score (nSPS) is 26.4. The van der Waals surface area contributed by atoms with Crippen LogP contribution in [0.5, 0.6) is 0 Å². The number of hydrogen-bond donors (Lipinski definition) is 1. The van der Waals surface area contributed by atoms with Crippen LogP contribution in [0.25, 0.3) is 0 Å². The van der Waals surface area contributed by atoms with Crippen molar-refractivity contribution in [1.29, 1.82) is 0 Å². The van der Waals surface area contributed by atoms with Crippen LogP contribution in [0, 0.1) is 0 Å². The highest BCUT2D eigenvalue weighted by Gasteiger charge is 2.23. The van der Waals surface area contributed by atoms with Gasteiger partial charge in [-0.1, -0.05) is 19.1 Å². The number of amides is 1. The second kappa shape index (κ2) is 6.19. The van der Waals surface area contributed by atoms with Crippen LogP contribution in [-0.2, 0) is 11.3 Å². The van der Waals surface area contributed by atoms with Gasteiger partial charge in [0.05, 0.1) is 0 Å². The molecule has 2 heterocycles. The molecular formula is C16H22N2OS. The van der Waals surface area contributed by atoms with Crippen molar-refractivity contribution < 1.29 is 4.79 Å². The van der Waals surface area contributed by atoms with Gasteiger partial charge in [-0.05, 0) is 36.3 Å². The molecule has 2 saturated heterocycles. The van der Waals surface area contributed by atoms with Crippen LogP contribution >= 0.6 is 11.8 Å². The Kier molecular flexibility index (Phi) is 4.32. The number of nitrogens with zero attached hydrogens (tertiary/aromatic N) is 1. The molecule has 1 amide bonds. The van der Waals surface area contributed by atoms with E-state index in [0.29, 0.717) is 12.5 Å². The minimum Gasteiger partial charge on any atom is -0.312 e. The summed E-state index contributed by atoms with van der Waals surface area (Å²) in [7, 11) is 0. The SMILES string of the molecule is CC1SCCC1NCc1ccc(N2CCCC2=O)cc1. The van der Waals surface area contributed by atoms with Crippen molar-refractivity contribution >= 4 is 23.4 Å². The Balaban J connectivity index is 1.57. The molecule has 2 atom stereocenters. The lowest BCUT2D eigenvalue weighted by Gasteiger charge is -2.18. The van der Waals surface area contributed by atoms with E-state index in [1.54, 1.807) is 0 Å². The zero-order valence-corrected chi connectivity index (χ0v) is 12.8. The highest BCUT2D eigenvalue weighted by Crippen LogP contribution is 2.26. The maximum absolute atomic E-state index is 11.7. The number of nitrogens with one attached hydrogen (secondary N) is 1. The van der Waals surface area contributed by atoms with Crippen molar-refractivity contribution in [2.45, 2.75) is 44.0 Å². The van der Waals surface area contributed by atoms with E-state index in [1.165, 1.54) is 17.7 Å². The van der Waals surface area contributed by atoms with Gasteiger partial charge < -0.3 is 10.2 Å². The molecule has 2 fully saturated rings. The number of carbonyl (C=O) groups is 1. The van der Waals surface area contributed by atoms with Crippen molar-refractivity contribution in [3.8, 4) is 0 Å². The Labute approximate surface area is 125 Å². The van der Waals surface area contributed by atoms with Crippen LogP contribution in [0.3, 0.4) is 0 Å². The predicted molar refractivity (Wildman–Crippen MR) is 85.2 cm³/mol. The van der Waals surface area contributed by atoms with E-state index in [2.05, 4.69) is 48.3 Å². The van der Waals surface area contributed by atoms with Gasteiger partial charge in [0.15, 0.2) is 0 Å². The molecule has 2 unspecified atom stereocenters. The number of anilines is 1. The minimum atomic E-state index is 0.257. The number of benzene rings is 1. The van der Waals surface area contributed by atoms with Crippen LogP contribution in [0.1, 0.15) is 31.7 Å². The Morgan fingerprint density at radius 2 is 2.15 bits per heavy atom. The second-order valence-corrected chi connectivity index (χ2v) is 7.15. The van der Waals surface area contributed by atoms with Crippen LogP contribution in [0.4, 0.5) is 5.69 Å². The molecule has 0 aliphatic carbocycles. The van der Waals surface area contributed by atoms with Gasteiger partial charge in [-0.2, -0.15) is 11.8 Å². The monoisotopic (exact) mass is 290 g/mol. The Morgan fingerprint density at radius 3 is 2.75 bits per heavy atom. The molecule has 3 rings (SSSR count). The first kappa shape index (κ1) is 14.0. The summed E-state index contributed by atoms with van der Waals surface area (Å²) < 4.78 is 0. The van der Waals surface area contributed by atoms with Gasteiger partial charge >= 0.3 is 0 Å². The summed E-state index contributed by atoms with van der Waals surface area (Å²) in [5.41, 5.74) is 2.34. The highest BCUT2D eigenvalue weighted by molar-refractivity contribution is 8.00. The van der Waals surface area contributed by atoms with Crippen molar-refractivity contribution in [3.63, 3.8) is 0 Å². The molecule has 1 aromatic carbocycles. The van der Waals surface area contributed by atoms with Crippen LogP contribution in [-0.4, -0.2) is 29.5 Å². The summed E-state index contributed by atoms with van der Waals surface area (Å²) in [6, 6.07) is 9.07. The zero-order valence-electron chi connectivity index (χ0n) is 12.0. The van der Waals surface area contributed by atoms with E-state index in [1.807, 2.05) is 4.90 Å². The van der Waals surface area contributed by atoms with Crippen LogP contribution in [0.15, 0.2) is 24.3 Å². The molecule has 0 radical (unpaired) electrons. The Morgan fingerprint density at radius 1 is 1.35 bits per heavy atom. The number of thioether (sulfide) groups is 1. The van der Waals surface area contributed by atoms with Crippen molar-refractivity contribution in [2.24, 2.45) is 0 Å². The molecule has 0 spiro atoms. The quantitative estimate of drug-likeness (QED) is 0.925. The Bertz CT molecular complexity index is 474. The molecule has 2 aliphatic rings. The molecule has 2 aliphatic heterocycles. The summed E-state index contributed by atoms with van der Waals surface area (Å²) in [5, 5.41) is 4.36. The Hall–Kier alpha value is -1.00. The molecule has 20 heavy (non-hydrogen) atoms. The van der Waals surface area contributed by atoms with E-state index >= 15 is 0 Å². The van der Waals surface area contributed by atoms with Crippen molar-refractivity contribution in [2.75, 3.05) is 17.2 Å². The first-order chi connectivity index (χ1) is 9.74. The summed E-state index contributed by atoms with van der Waals surface area (Å²) in [4.78, 5) is 13.6. The van der Waals surface area contributed by atoms with Gasteiger partial charge in [-0.25, -0.2) is 0 Å². The third kappa shape index (κ3) is 3.01. The molecule has 1 N–H and O–H groups in total. The summed E-state index contributed by atoms with van der Waals surface area (Å²) in [6.45, 7) is 4.09. The third-order valence-corrected chi connectivity index (χ3v) is 5.59. The fraction of sp³-hybridized carbons (Fsp3) is 0.562. The maximum Gasteiger partial charge on any atom is 0.227 e. The second-order valence-electron chi connectivity index (χ2n) is 5.67. The van der Waals surface area contributed by atoms with Gasteiger partial charge in [-0.15, -0.1) is 0 Å². The van der Waals surface area contributed by atoms with Gasteiger partial charge in [-0.3, -0.25) is 4.79 Å². The highest BCUT2D eigenvalue weighted by atomic mass is 32.2. The largest absolute Gasteiger partial charge is 0.312 e. The minimum absolute atomic E-state index is 0.257. The lowest BCUT2D eigenvalue weighted by Crippen LogP contribution is -2.32. The molecule has 1 aromatic rings. The predicted octanol–water partition coefficient (Wildman–Crippen LogP) is 2.80. The first-order valence-electron chi connectivity index (χ1n) is 7.48. The number of rotatable bonds is 4. The number of carbonyl (C=O) groups excluding carboxylic acids is 1. The molecule has 3 nitrogen and oxygen atoms in total. The van der Waals surface area contributed by atoms with Gasteiger partial charge in [0.2, 0.25) is 5.91 Å². The first-order valence-corrected chi connectivity index (χ1v) is 8.53.